The Kier molecular flexibility index (Phi) is 5.96. The quantitative estimate of drug-likeness (QED) is 0.771. The van der Waals surface area contributed by atoms with Gasteiger partial charge in [-0.25, -0.2) is 4.39 Å². The van der Waals surface area contributed by atoms with Gasteiger partial charge in [0.25, 0.3) is 0 Å². The van der Waals surface area contributed by atoms with Gasteiger partial charge in [-0.1, -0.05) is 6.92 Å². The van der Waals surface area contributed by atoms with Crippen LogP contribution in [-0.4, -0.2) is 36.2 Å². The van der Waals surface area contributed by atoms with Gasteiger partial charge in [-0.2, -0.15) is 0 Å². The highest BCUT2D eigenvalue weighted by Crippen LogP contribution is 2.29. The Labute approximate surface area is 136 Å². The van der Waals surface area contributed by atoms with Crippen molar-refractivity contribution in [1.29, 1.82) is 0 Å². The molecule has 0 unspecified atom stereocenters. The third-order valence-corrected chi connectivity index (χ3v) is 4.40. The molecule has 1 amide bonds. The highest BCUT2D eigenvalue weighted by Gasteiger charge is 2.23. The summed E-state index contributed by atoms with van der Waals surface area (Å²) in [5, 5.41) is 12.5. The van der Waals surface area contributed by atoms with Crippen LogP contribution in [0.4, 0.5) is 10.1 Å². The monoisotopic (exact) mass is 323 g/mol. The summed E-state index contributed by atoms with van der Waals surface area (Å²) in [7, 11) is 0. The van der Waals surface area contributed by atoms with E-state index in [2.05, 4.69) is 10.2 Å². The lowest BCUT2D eigenvalue weighted by Crippen LogP contribution is -2.42. The first-order valence-electron chi connectivity index (χ1n) is 8.20. The number of hydrogen-bond donors (Lipinski definition) is 3. The molecule has 1 fully saturated rings. The van der Waals surface area contributed by atoms with Crippen LogP contribution >= 0.6 is 0 Å². The van der Waals surface area contributed by atoms with E-state index in [1.807, 2.05) is 13.8 Å². The molecule has 0 bridgehead atoms. The van der Waals surface area contributed by atoms with Crippen molar-refractivity contribution in [2.24, 2.45) is 5.73 Å². The van der Waals surface area contributed by atoms with Gasteiger partial charge in [0.15, 0.2) is 0 Å². The molecular weight excluding hydrogens is 297 g/mol. The molecule has 2 atom stereocenters. The van der Waals surface area contributed by atoms with Crippen LogP contribution in [-0.2, 0) is 4.79 Å². The Morgan fingerprint density at radius 1 is 1.48 bits per heavy atom. The van der Waals surface area contributed by atoms with Crippen LogP contribution in [0, 0.1) is 5.82 Å². The number of carbonyl (C=O) groups excluding carboxylic acids is 1. The SMILES string of the molecule is CC[C@@H](N)C(=O)N[C@@H](C)c1cc(F)ccc1N1CCC(O)CC1. The van der Waals surface area contributed by atoms with Crippen molar-refractivity contribution < 1.29 is 14.3 Å². The Morgan fingerprint density at radius 2 is 2.13 bits per heavy atom. The van der Waals surface area contributed by atoms with E-state index in [1.54, 1.807) is 6.07 Å². The van der Waals surface area contributed by atoms with E-state index in [4.69, 9.17) is 5.73 Å². The summed E-state index contributed by atoms with van der Waals surface area (Å²) in [6.07, 6.45) is 1.67. The number of aliphatic hydroxyl groups excluding tert-OH is 1. The van der Waals surface area contributed by atoms with Crippen LogP contribution in [0.15, 0.2) is 18.2 Å². The van der Waals surface area contributed by atoms with Gasteiger partial charge < -0.3 is 21.1 Å². The number of amides is 1. The molecule has 1 saturated heterocycles. The molecule has 1 aromatic carbocycles. The van der Waals surface area contributed by atoms with E-state index in [9.17, 15) is 14.3 Å². The standard InChI is InChI=1S/C17H26FN3O2/c1-3-15(19)17(23)20-11(2)14-10-12(18)4-5-16(14)21-8-6-13(22)7-9-21/h4-5,10-11,13,15,22H,3,6-9,19H2,1-2H3,(H,20,23)/t11-,15+/m0/s1. The molecule has 0 aliphatic carbocycles. The molecule has 0 radical (unpaired) electrons. The van der Waals surface area contributed by atoms with Crippen molar-refractivity contribution in [3.63, 3.8) is 0 Å². The van der Waals surface area contributed by atoms with Crippen molar-refractivity contribution in [3.05, 3.63) is 29.6 Å². The zero-order valence-corrected chi connectivity index (χ0v) is 13.8. The topological polar surface area (TPSA) is 78.6 Å². The van der Waals surface area contributed by atoms with E-state index >= 15 is 0 Å². The molecule has 1 aliphatic heterocycles. The Balaban J connectivity index is 2.19. The molecule has 1 heterocycles. The second-order valence-corrected chi connectivity index (χ2v) is 6.17. The number of rotatable bonds is 5. The van der Waals surface area contributed by atoms with Gasteiger partial charge in [0, 0.05) is 24.3 Å². The van der Waals surface area contributed by atoms with Crippen molar-refractivity contribution >= 4 is 11.6 Å². The summed E-state index contributed by atoms with van der Waals surface area (Å²) in [5.74, 6) is -0.564. The van der Waals surface area contributed by atoms with Gasteiger partial charge in [-0.3, -0.25) is 4.79 Å². The second kappa shape index (κ2) is 7.75. The number of halogens is 1. The third kappa shape index (κ3) is 4.42. The molecular formula is C17H26FN3O2. The summed E-state index contributed by atoms with van der Waals surface area (Å²) in [6.45, 7) is 5.11. The molecule has 2 rings (SSSR count). The van der Waals surface area contributed by atoms with E-state index in [1.165, 1.54) is 12.1 Å². The fourth-order valence-electron chi connectivity index (χ4n) is 2.85. The predicted molar refractivity (Wildman–Crippen MR) is 88.7 cm³/mol. The van der Waals surface area contributed by atoms with Crippen molar-refractivity contribution in [3.8, 4) is 0 Å². The van der Waals surface area contributed by atoms with E-state index in [0.717, 1.165) is 24.3 Å². The lowest BCUT2D eigenvalue weighted by molar-refractivity contribution is -0.123. The van der Waals surface area contributed by atoms with Gasteiger partial charge in [0.05, 0.1) is 18.2 Å². The summed E-state index contributed by atoms with van der Waals surface area (Å²) in [4.78, 5) is 14.1. The maximum atomic E-state index is 13.7. The number of carbonyl (C=O) groups is 1. The van der Waals surface area contributed by atoms with Crippen LogP contribution in [0.25, 0.3) is 0 Å². The molecule has 128 valence electrons. The average molecular weight is 323 g/mol. The van der Waals surface area contributed by atoms with Crippen molar-refractivity contribution in [2.45, 2.75) is 51.3 Å². The first-order valence-corrected chi connectivity index (χ1v) is 8.20. The molecule has 5 nitrogen and oxygen atoms in total. The maximum absolute atomic E-state index is 13.7. The summed E-state index contributed by atoms with van der Waals surface area (Å²) in [6, 6.07) is 3.74. The minimum atomic E-state index is -0.556. The normalized spacial score (nSPS) is 18.6. The number of nitrogens with two attached hydrogens (primary N) is 1. The Morgan fingerprint density at radius 3 is 2.74 bits per heavy atom. The van der Waals surface area contributed by atoms with Crippen molar-refractivity contribution in [2.75, 3.05) is 18.0 Å². The minimum absolute atomic E-state index is 0.232. The lowest BCUT2D eigenvalue weighted by atomic mass is 10.0. The number of piperidine rings is 1. The van der Waals surface area contributed by atoms with Gasteiger partial charge in [0.2, 0.25) is 5.91 Å². The lowest BCUT2D eigenvalue weighted by Gasteiger charge is -2.34. The fraction of sp³-hybridized carbons (Fsp3) is 0.588. The van der Waals surface area contributed by atoms with Crippen LogP contribution < -0.4 is 16.0 Å². The van der Waals surface area contributed by atoms with Gasteiger partial charge in [0.1, 0.15) is 5.82 Å². The molecule has 23 heavy (non-hydrogen) atoms. The summed E-state index contributed by atoms with van der Waals surface area (Å²) >= 11 is 0. The molecule has 0 saturated carbocycles. The molecule has 1 aromatic rings. The maximum Gasteiger partial charge on any atom is 0.237 e. The van der Waals surface area contributed by atoms with E-state index in [-0.39, 0.29) is 23.9 Å². The number of nitrogens with zero attached hydrogens (tertiary/aromatic N) is 1. The number of benzene rings is 1. The Bertz CT molecular complexity index is 545. The first kappa shape index (κ1) is 17.7. The molecule has 6 heteroatoms. The predicted octanol–water partition coefficient (Wildman–Crippen LogP) is 1.70. The van der Waals surface area contributed by atoms with Gasteiger partial charge in [-0.05, 0) is 44.4 Å². The first-order chi connectivity index (χ1) is 10.9. The largest absolute Gasteiger partial charge is 0.393 e. The Hall–Kier alpha value is -1.66. The highest BCUT2D eigenvalue weighted by molar-refractivity contribution is 5.82. The summed E-state index contributed by atoms with van der Waals surface area (Å²) in [5.41, 5.74) is 7.38. The fourth-order valence-corrected chi connectivity index (χ4v) is 2.85. The van der Waals surface area contributed by atoms with Crippen LogP contribution in [0.3, 0.4) is 0 Å². The smallest absolute Gasteiger partial charge is 0.237 e. The second-order valence-electron chi connectivity index (χ2n) is 6.17. The zero-order chi connectivity index (χ0) is 17.0. The minimum Gasteiger partial charge on any atom is -0.393 e. The zero-order valence-electron chi connectivity index (χ0n) is 13.8. The number of anilines is 1. The summed E-state index contributed by atoms with van der Waals surface area (Å²) < 4.78 is 13.7. The van der Waals surface area contributed by atoms with Crippen LogP contribution in [0.5, 0.6) is 0 Å². The molecule has 1 aliphatic rings. The van der Waals surface area contributed by atoms with Crippen LogP contribution in [0.2, 0.25) is 0 Å². The molecule has 4 N–H and O–H groups in total. The highest BCUT2D eigenvalue weighted by atomic mass is 19.1. The number of aliphatic hydroxyl groups is 1. The molecule has 0 aromatic heterocycles. The van der Waals surface area contributed by atoms with Crippen LogP contribution in [0.1, 0.15) is 44.7 Å². The number of nitrogens with one attached hydrogen (secondary N) is 1. The van der Waals surface area contributed by atoms with E-state index < -0.39 is 6.04 Å². The number of hydrogen-bond acceptors (Lipinski definition) is 4. The van der Waals surface area contributed by atoms with Gasteiger partial charge in [-0.15, -0.1) is 0 Å². The van der Waals surface area contributed by atoms with Crippen molar-refractivity contribution in [1.82, 2.24) is 5.32 Å². The van der Waals surface area contributed by atoms with E-state index in [0.29, 0.717) is 19.3 Å². The third-order valence-electron chi connectivity index (χ3n) is 4.40. The van der Waals surface area contributed by atoms with Gasteiger partial charge >= 0.3 is 0 Å². The average Bonchev–Trinajstić information content (AvgIpc) is 2.54. The molecule has 0 spiro atoms.